The van der Waals surface area contributed by atoms with Crippen LogP contribution >= 0.6 is 0 Å². The minimum absolute atomic E-state index is 0. The van der Waals surface area contributed by atoms with Crippen LogP contribution in [0.4, 0.5) is 27.6 Å². The van der Waals surface area contributed by atoms with E-state index in [1.54, 1.807) is 0 Å². The molecule has 0 aliphatic carbocycles. The molecule has 1 aromatic carbocycles. The van der Waals surface area contributed by atoms with E-state index < -0.39 is 34.9 Å². The second kappa shape index (κ2) is 8.60. The SMILES string of the molecule is C=C/C(F)=C(\C(=C)F)C(=O)Nc1ccc(Cc2ccncc2C(F)(F)F)cc1.[HH]. The number of halogens is 5. The molecule has 0 unspecified atom stereocenters. The fourth-order valence-corrected chi connectivity index (χ4v) is 2.42. The zero-order valence-electron chi connectivity index (χ0n) is 14.5. The Morgan fingerprint density at radius 1 is 1.18 bits per heavy atom. The highest BCUT2D eigenvalue weighted by atomic mass is 19.4. The Morgan fingerprint density at radius 3 is 2.36 bits per heavy atom. The third kappa shape index (κ3) is 5.12. The fraction of sp³-hybridized carbons (Fsp3) is 0.100. The van der Waals surface area contributed by atoms with Crippen molar-refractivity contribution >= 4 is 11.6 Å². The molecule has 2 rings (SSSR count). The quantitative estimate of drug-likeness (QED) is 0.383. The highest BCUT2D eigenvalue weighted by molar-refractivity contribution is 6.07. The van der Waals surface area contributed by atoms with E-state index in [1.165, 1.54) is 36.5 Å². The van der Waals surface area contributed by atoms with Gasteiger partial charge in [-0.3, -0.25) is 9.78 Å². The summed E-state index contributed by atoms with van der Waals surface area (Å²) in [6, 6.07) is 7.08. The van der Waals surface area contributed by atoms with Gasteiger partial charge in [0.15, 0.2) is 0 Å². The number of amides is 1. The molecule has 0 radical (unpaired) electrons. The molecule has 0 aliphatic rings. The summed E-state index contributed by atoms with van der Waals surface area (Å²) in [5.74, 6) is -3.49. The van der Waals surface area contributed by atoms with Crippen molar-refractivity contribution in [2.45, 2.75) is 12.6 Å². The van der Waals surface area contributed by atoms with Crippen LogP contribution in [0.5, 0.6) is 0 Å². The second-order valence-electron chi connectivity index (χ2n) is 5.69. The fourth-order valence-electron chi connectivity index (χ4n) is 2.42. The monoisotopic (exact) mass is 396 g/mol. The lowest BCUT2D eigenvalue weighted by atomic mass is 10.0. The number of rotatable bonds is 6. The molecular formula is C20H17F5N2O. The summed E-state index contributed by atoms with van der Waals surface area (Å²) in [5, 5.41) is 2.29. The lowest BCUT2D eigenvalue weighted by Gasteiger charge is -2.12. The molecule has 1 N–H and O–H groups in total. The van der Waals surface area contributed by atoms with E-state index in [9.17, 15) is 26.7 Å². The van der Waals surface area contributed by atoms with Gasteiger partial charge in [0.25, 0.3) is 5.91 Å². The van der Waals surface area contributed by atoms with Gasteiger partial charge in [-0.2, -0.15) is 13.2 Å². The minimum atomic E-state index is -4.52. The van der Waals surface area contributed by atoms with E-state index >= 15 is 0 Å². The van der Waals surface area contributed by atoms with Gasteiger partial charge in [-0.25, -0.2) is 8.78 Å². The van der Waals surface area contributed by atoms with Crippen molar-refractivity contribution in [1.82, 2.24) is 4.98 Å². The van der Waals surface area contributed by atoms with Crippen LogP contribution in [0.25, 0.3) is 0 Å². The number of hydrogen-bond donors (Lipinski definition) is 1. The second-order valence-corrected chi connectivity index (χ2v) is 5.69. The minimum Gasteiger partial charge on any atom is -0.322 e. The molecule has 0 bridgehead atoms. The van der Waals surface area contributed by atoms with E-state index in [2.05, 4.69) is 23.5 Å². The number of aromatic nitrogens is 1. The Kier molecular flexibility index (Phi) is 6.45. The predicted octanol–water partition coefficient (Wildman–Crippen LogP) is 5.77. The maximum atomic E-state index is 13.5. The van der Waals surface area contributed by atoms with Gasteiger partial charge in [-0.15, -0.1) is 0 Å². The molecular weight excluding hydrogens is 379 g/mol. The third-order valence-corrected chi connectivity index (χ3v) is 3.74. The average molecular weight is 396 g/mol. The number of nitrogens with one attached hydrogen (secondary N) is 1. The number of anilines is 1. The lowest BCUT2D eigenvalue weighted by Crippen LogP contribution is -2.15. The van der Waals surface area contributed by atoms with E-state index in [4.69, 9.17) is 0 Å². The smallest absolute Gasteiger partial charge is 0.322 e. The first kappa shape index (κ1) is 21.0. The van der Waals surface area contributed by atoms with E-state index in [0.29, 0.717) is 11.6 Å². The highest BCUT2D eigenvalue weighted by Crippen LogP contribution is 2.32. The molecule has 0 spiro atoms. The molecule has 8 heteroatoms. The topological polar surface area (TPSA) is 42.0 Å². The zero-order chi connectivity index (χ0) is 20.9. The summed E-state index contributed by atoms with van der Waals surface area (Å²) in [7, 11) is 0. The van der Waals surface area contributed by atoms with Gasteiger partial charge in [0.1, 0.15) is 17.2 Å². The highest BCUT2D eigenvalue weighted by Gasteiger charge is 2.33. The Labute approximate surface area is 159 Å². The van der Waals surface area contributed by atoms with Crippen LogP contribution in [0.2, 0.25) is 0 Å². The number of nitrogens with zero attached hydrogens (tertiary/aromatic N) is 1. The van der Waals surface area contributed by atoms with Crippen molar-refractivity contribution in [2.24, 2.45) is 0 Å². The van der Waals surface area contributed by atoms with Gasteiger partial charge in [0.05, 0.1) is 5.56 Å². The number of hydrogen-bond acceptors (Lipinski definition) is 2. The molecule has 1 aromatic heterocycles. The van der Waals surface area contributed by atoms with Gasteiger partial charge in [0, 0.05) is 19.5 Å². The first-order chi connectivity index (χ1) is 13.1. The van der Waals surface area contributed by atoms with Crippen LogP contribution in [-0.2, 0) is 17.4 Å². The Bertz CT molecular complexity index is 937. The summed E-state index contributed by atoms with van der Waals surface area (Å²) in [4.78, 5) is 15.5. The van der Waals surface area contributed by atoms with Crippen molar-refractivity contribution in [1.29, 1.82) is 0 Å². The van der Waals surface area contributed by atoms with Crippen LogP contribution in [0.15, 0.2) is 79.2 Å². The largest absolute Gasteiger partial charge is 0.418 e. The average Bonchev–Trinajstić information content (AvgIpc) is 2.62. The van der Waals surface area contributed by atoms with E-state index in [-0.39, 0.29) is 19.1 Å². The van der Waals surface area contributed by atoms with Crippen LogP contribution in [0.1, 0.15) is 18.1 Å². The molecule has 0 saturated heterocycles. The summed E-state index contributed by atoms with van der Waals surface area (Å²) >= 11 is 0. The maximum absolute atomic E-state index is 13.5. The predicted molar refractivity (Wildman–Crippen MR) is 97.8 cm³/mol. The standard InChI is InChI=1S/C20H15F5N2O.H2/c1-3-17(22)18(12(2)21)19(28)27-15-6-4-13(5-7-15)10-14-8-9-26-11-16(14)20(23,24)25;/h3-9,11H,1-2,10H2,(H,27,28);1H/b18-17-;. The summed E-state index contributed by atoms with van der Waals surface area (Å²) in [6.07, 6.45) is -1.83. The van der Waals surface area contributed by atoms with Crippen molar-refractivity contribution in [3.63, 3.8) is 0 Å². The molecule has 0 aliphatic heterocycles. The molecule has 0 atom stereocenters. The number of benzene rings is 1. The Balaban J connectivity index is 0.00000420. The molecule has 148 valence electrons. The number of carbonyl (C=O) groups is 1. The normalized spacial score (nSPS) is 12.2. The molecule has 0 fully saturated rings. The summed E-state index contributed by atoms with van der Waals surface area (Å²) in [6.45, 7) is 6.03. The lowest BCUT2D eigenvalue weighted by molar-refractivity contribution is -0.138. The zero-order valence-corrected chi connectivity index (χ0v) is 14.5. The van der Waals surface area contributed by atoms with Gasteiger partial charge in [-0.05, 0) is 41.8 Å². The van der Waals surface area contributed by atoms with Crippen LogP contribution in [-0.4, -0.2) is 10.9 Å². The molecule has 0 saturated carbocycles. The molecule has 3 nitrogen and oxygen atoms in total. The summed E-state index contributed by atoms with van der Waals surface area (Å²) < 4.78 is 65.9. The van der Waals surface area contributed by atoms with Crippen LogP contribution in [0, 0.1) is 0 Å². The molecule has 1 amide bonds. The summed E-state index contributed by atoms with van der Waals surface area (Å²) in [5.41, 5.74) is -0.923. The maximum Gasteiger partial charge on any atom is 0.418 e. The van der Waals surface area contributed by atoms with E-state index in [0.717, 1.165) is 6.20 Å². The number of alkyl halides is 3. The van der Waals surface area contributed by atoms with Gasteiger partial charge in [-0.1, -0.05) is 25.3 Å². The van der Waals surface area contributed by atoms with Crippen LogP contribution < -0.4 is 5.32 Å². The number of pyridine rings is 1. The van der Waals surface area contributed by atoms with Crippen molar-refractivity contribution in [2.75, 3.05) is 5.32 Å². The molecule has 1 heterocycles. The van der Waals surface area contributed by atoms with Crippen molar-refractivity contribution in [3.8, 4) is 0 Å². The van der Waals surface area contributed by atoms with Crippen LogP contribution in [0.3, 0.4) is 0 Å². The van der Waals surface area contributed by atoms with Gasteiger partial charge in [0.2, 0.25) is 0 Å². The first-order valence-corrected chi connectivity index (χ1v) is 7.91. The Hall–Kier alpha value is -3.29. The number of allylic oxidation sites excluding steroid dienone is 2. The van der Waals surface area contributed by atoms with Gasteiger partial charge < -0.3 is 5.32 Å². The number of carbonyl (C=O) groups excluding carboxylic acids is 1. The molecule has 28 heavy (non-hydrogen) atoms. The third-order valence-electron chi connectivity index (χ3n) is 3.74. The van der Waals surface area contributed by atoms with E-state index in [1.807, 2.05) is 0 Å². The molecule has 2 aromatic rings. The van der Waals surface area contributed by atoms with Crippen molar-refractivity contribution < 1.29 is 28.2 Å². The first-order valence-electron chi connectivity index (χ1n) is 7.91. The van der Waals surface area contributed by atoms with Gasteiger partial charge >= 0.3 is 6.18 Å². The Morgan fingerprint density at radius 2 is 1.82 bits per heavy atom. The van der Waals surface area contributed by atoms with Crippen molar-refractivity contribution in [3.05, 3.63) is 95.9 Å².